The molecular formula is C15H11F3N4O2S. The van der Waals surface area contributed by atoms with E-state index in [2.05, 4.69) is 24.0 Å². The van der Waals surface area contributed by atoms with Crippen LogP contribution in [0.5, 0.6) is 0 Å². The Morgan fingerprint density at radius 3 is 2.60 bits per heavy atom. The second-order valence-electron chi connectivity index (χ2n) is 5.03. The summed E-state index contributed by atoms with van der Waals surface area (Å²) in [6, 6.07) is 11.0. The van der Waals surface area contributed by atoms with Crippen LogP contribution in [-0.2, 0) is 15.9 Å². The molecule has 2 heterocycles. The number of alkyl halides is 3. The first-order chi connectivity index (χ1) is 11.8. The number of hydrogen-bond donors (Lipinski definition) is 0. The molecule has 3 rings (SSSR count). The van der Waals surface area contributed by atoms with Gasteiger partial charge < -0.3 is 4.52 Å². The molecule has 2 aromatic heterocycles. The van der Waals surface area contributed by atoms with Crippen molar-refractivity contribution in [3.8, 4) is 11.4 Å². The fraction of sp³-hybridized carbons (Fsp3) is 0.133. The molecule has 0 aliphatic rings. The van der Waals surface area contributed by atoms with E-state index in [1.54, 1.807) is 30.3 Å². The molecule has 10 heteroatoms. The Kier molecular flexibility index (Phi) is 4.29. The van der Waals surface area contributed by atoms with Gasteiger partial charge in [0.15, 0.2) is 0 Å². The predicted molar refractivity (Wildman–Crippen MR) is 83.4 cm³/mol. The lowest BCUT2D eigenvalue weighted by Crippen LogP contribution is -2.04. The van der Waals surface area contributed by atoms with E-state index in [9.17, 15) is 17.4 Å². The summed E-state index contributed by atoms with van der Waals surface area (Å²) in [6.07, 6.45) is -1.79. The van der Waals surface area contributed by atoms with Crippen LogP contribution >= 0.6 is 0 Å². The Morgan fingerprint density at radius 2 is 1.96 bits per heavy atom. The van der Waals surface area contributed by atoms with E-state index in [-0.39, 0.29) is 11.4 Å². The van der Waals surface area contributed by atoms with E-state index >= 15 is 0 Å². The molecule has 0 bridgehead atoms. The van der Waals surface area contributed by atoms with Crippen LogP contribution in [-0.4, -0.2) is 25.6 Å². The third-order valence-electron chi connectivity index (χ3n) is 3.08. The molecule has 1 aromatic carbocycles. The largest absolute Gasteiger partial charge is 0.471 e. The Bertz CT molecular complexity index is 1010. The second kappa shape index (κ2) is 6.28. The summed E-state index contributed by atoms with van der Waals surface area (Å²) in [7, 11) is -2.81. The van der Waals surface area contributed by atoms with Gasteiger partial charge in [-0.3, -0.25) is 0 Å². The van der Waals surface area contributed by atoms with Gasteiger partial charge in [-0.2, -0.15) is 22.5 Å². The van der Waals surface area contributed by atoms with Gasteiger partial charge in [0.2, 0.25) is 5.82 Å². The molecular weight excluding hydrogens is 357 g/mol. The number of aromatic nitrogens is 3. The van der Waals surface area contributed by atoms with Crippen molar-refractivity contribution in [3.63, 3.8) is 0 Å². The third kappa shape index (κ3) is 3.85. The van der Waals surface area contributed by atoms with Gasteiger partial charge in [-0.05, 0) is 24.3 Å². The fourth-order valence-corrected chi connectivity index (χ4v) is 3.17. The molecule has 0 radical (unpaired) electrons. The molecule has 3 aromatic rings. The lowest BCUT2D eigenvalue weighted by Gasteiger charge is -2.04. The second-order valence-corrected chi connectivity index (χ2v) is 7.24. The zero-order chi connectivity index (χ0) is 18.1. The van der Waals surface area contributed by atoms with Crippen LogP contribution in [0.1, 0.15) is 5.89 Å². The summed E-state index contributed by atoms with van der Waals surface area (Å²) in [4.78, 5) is 7.34. The maximum atomic E-state index is 12.7. The van der Waals surface area contributed by atoms with Gasteiger partial charge in [-0.1, -0.05) is 23.4 Å². The molecule has 0 amide bonds. The minimum Gasteiger partial charge on any atom is -0.329 e. The highest BCUT2D eigenvalue weighted by Gasteiger charge is 2.38. The van der Waals surface area contributed by atoms with Gasteiger partial charge in [0.1, 0.15) is 5.03 Å². The van der Waals surface area contributed by atoms with Crippen LogP contribution in [0.4, 0.5) is 18.9 Å². The van der Waals surface area contributed by atoms with Crippen molar-refractivity contribution in [3.05, 3.63) is 54.6 Å². The van der Waals surface area contributed by atoms with E-state index < -0.39 is 21.8 Å². The van der Waals surface area contributed by atoms with Crippen LogP contribution < -0.4 is 0 Å². The van der Waals surface area contributed by atoms with Gasteiger partial charge in [0, 0.05) is 18.0 Å². The summed E-state index contributed by atoms with van der Waals surface area (Å²) < 4.78 is 58.7. The smallest absolute Gasteiger partial charge is 0.329 e. The van der Waals surface area contributed by atoms with Gasteiger partial charge in [-0.15, -0.1) is 0 Å². The molecule has 25 heavy (non-hydrogen) atoms. The fourth-order valence-electron chi connectivity index (χ4n) is 1.98. The van der Waals surface area contributed by atoms with Crippen molar-refractivity contribution in [1.82, 2.24) is 15.1 Å². The minimum absolute atomic E-state index is 0.232. The van der Waals surface area contributed by atoms with Crippen molar-refractivity contribution in [2.75, 3.05) is 6.26 Å². The van der Waals surface area contributed by atoms with E-state index in [0.717, 1.165) is 0 Å². The van der Waals surface area contributed by atoms with E-state index in [0.29, 0.717) is 10.7 Å². The molecule has 0 aliphatic carbocycles. The zero-order valence-electron chi connectivity index (χ0n) is 12.8. The number of benzene rings is 1. The molecule has 0 saturated carbocycles. The summed E-state index contributed by atoms with van der Waals surface area (Å²) in [5.41, 5.74) is 0.561. The Hall–Kier alpha value is -2.75. The highest BCUT2D eigenvalue weighted by Crippen LogP contribution is 2.30. The molecule has 0 N–H and O–H groups in total. The molecule has 1 unspecified atom stereocenters. The van der Waals surface area contributed by atoms with E-state index in [1.807, 2.05) is 0 Å². The van der Waals surface area contributed by atoms with Crippen molar-refractivity contribution >= 4 is 15.4 Å². The number of pyridine rings is 1. The first-order valence-electron chi connectivity index (χ1n) is 6.90. The maximum absolute atomic E-state index is 12.7. The molecule has 1 atom stereocenters. The van der Waals surface area contributed by atoms with Crippen molar-refractivity contribution in [2.24, 2.45) is 4.36 Å². The normalized spacial score (nSPS) is 14.1. The van der Waals surface area contributed by atoms with Crippen LogP contribution in [0.25, 0.3) is 11.4 Å². The van der Waals surface area contributed by atoms with Crippen LogP contribution in [0, 0.1) is 0 Å². The van der Waals surface area contributed by atoms with Crippen LogP contribution in [0.3, 0.4) is 0 Å². The number of hydrogen-bond acceptors (Lipinski definition) is 6. The van der Waals surface area contributed by atoms with Crippen molar-refractivity contribution in [2.45, 2.75) is 11.2 Å². The number of rotatable bonds is 3. The highest BCUT2D eigenvalue weighted by atomic mass is 32.2. The summed E-state index contributed by atoms with van der Waals surface area (Å²) in [5.74, 6) is -1.66. The monoisotopic (exact) mass is 368 g/mol. The standard InChI is InChI=1S/C15H11F3N4O2S/c1-25(23,12-7-2-3-8-19-12)22-11-6-4-5-10(9-11)13-20-14(24-21-13)15(16,17)18/h2-9H,1H3. The van der Waals surface area contributed by atoms with E-state index in [1.165, 1.54) is 24.6 Å². The first-order valence-corrected chi connectivity index (χ1v) is 8.82. The maximum Gasteiger partial charge on any atom is 0.471 e. The molecule has 0 fully saturated rings. The Morgan fingerprint density at radius 1 is 1.16 bits per heavy atom. The average Bonchev–Trinajstić information content (AvgIpc) is 3.06. The lowest BCUT2D eigenvalue weighted by molar-refractivity contribution is -0.159. The predicted octanol–water partition coefficient (Wildman–Crippen LogP) is 3.94. The van der Waals surface area contributed by atoms with Crippen LogP contribution in [0.15, 0.2) is 62.6 Å². The van der Waals surface area contributed by atoms with E-state index in [4.69, 9.17) is 0 Å². The topological polar surface area (TPSA) is 81.2 Å². The van der Waals surface area contributed by atoms with Crippen molar-refractivity contribution < 1.29 is 21.9 Å². The average molecular weight is 368 g/mol. The van der Waals surface area contributed by atoms with Gasteiger partial charge in [0.25, 0.3) is 0 Å². The van der Waals surface area contributed by atoms with Crippen LogP contribution in [0.2, 0.25) is 0 Å². The Balaban J connectivity index is 1.99. The summed E-state index contributed by atoms with van der Waals surface area (Å²) >= 11 is 0. The molecule has 130 valence electrons. The van der Waals surface area contributed by atoms with Crippen molar-refractivity contribution in [1.29, 1.82) is 0 Å². The molecule has 6 nitrogen and oxygen atoms in total. The highest BCUT2D eigenvalue weighted by molar-refractivity contribution is 7.93. The summed E-state index contributed by atoms with van der Waals surface area (Å²) in [5, 5.41) is 3.62. The molecule has 0 spiro atoms. The molecule has 0 saturated heterocycles. The van der Waals surface area contributed by atoms with Gasteiger partial charge in [-0.25, -0.2) is 9.19 Å². The minimum atomic E-state index is -4.72. The number of halogens is 3. The zero-order valence-corrected chi connectivity index (χ0v) is 13.6. The first kappa shape index (κ1) is 17.1. The third-order valence-corrected chi connectivity index (χ3v) is 4.66. The van der Waals surface area contributed by atoms with Gasteiger partial charge >= 0.3 is 12.1 Å². The quantitative estimate of drug-likeness (QED) is 0.699. The Labute approximate surface area is 140 Å². The SMILES string of the molecule is CS(=O)(=Nc1cccc(-c2noc(C(F)(F)F)n2)c1)c1ccccn1. The number of nitrogens with zero attached hydrogens (tertiary/aromatic N) is 4. The lowest BCUT2D eigenvalue weighted by atomic mass is 10.2. The van der Waals surface area contributed by atoms with Gasteiger partial charge in [0.05, 0.1) is 15.4 Å². The summed E-state index contributed by atoms with van der Waals surface area (Å²) in [6.45, 7) is 0. The molecule has 0 aliphatic heterocycles.